The first-order chi connectivity index (χ1) is 8.00. The second kappa shape index (κ2) is 4.33. The summed E-state index contributed by atoms with van der Waals surface area (Å²) >= 11 is 6.03. The maximum Gasteiger partial charge on any atom is 0.269 e. The summed E-state index contributed by atoms with van der Waals surface area (Å²) in [5.41, 5.74) is 0.645. The predicted molar refractivity (Wildman–Crippen MR) is 62.9 cm³/mol. The fraction of sp³-hybridized carbons (Fsp3) is 0.364. The van der Waals surface area contributed by atoms with Gasteiger partial charge >= 0.3 is 0 Å². The average Bonchev–Trinajstić information content (AvgIpc) is 2.60. The summed E-state index contributed by atoms with van der Waals surface area (Å²) in [5, 5.41) is 11.2. The van der Waals surface area contributed by atoms with Gasteiger partial charge in [-0.15, -0.1) is 0 Å². The molecule has 1 aliphatic rings. The van der Waals surface area contributed by atoms with E-state index in [2.05, 4.69) is 0 Å². The van der Waals surface area contributed by atoms with Gasteiger partial charge in [-0.3, -0.25) is 14.9 Å². The summed E-state index contributed by atoms with van der Waals surface area (Å²) in [4.78, 5) is 23.3. The second-order valence-electron chi connectivity index (χ2n) is 4.02. The van der Waals surface area contributed by atoms with E-state index in [1.807, 2.05) is 0 Å². The molecule has 1 aromatic carbocycles. The van der Waals surface area contributed by atoms with Gasteiger partial charge in [0.2, 0.25) is 5.91 Å². The SMILES string of the molecule is CN1C(=O)CC[C@H]1c1cc([N+](=O)[O-])ccc1Cl. The maximum atomic E-state index is 11.4. The van der Waals surface area contributed by atoms with E-state index in [0.717, 1.165) is 0 Å². The van der Waals surface area contributed by atoms with E-state index in [1.54, 1.807) is 11.9 Å². The third-order valence-electron chi connectivity index (χ3n) is 3.04. The van der Waals surface area contributed by atoms with E-state index in [4.69, 9.17) is 11.6 Å². The van der Waals surface area contributed by atoms with Crippen LogP contribution in [0, 0.1) is 10.1 Å². The molecule has 1 heterocycles. The third kappa shape index (κ3) is 2.10. The summed E-state index contributed by atoms with van der Waals surface area (Å²) in [6.45, 7) is 0. The predicted octanol–water partition coefficient (Wildman–Crippen LogP) is 2.54. The van der Waals surface area contributed by atoms with E-state index >= 15 is 0 Å². The van der Waals surface area contributed by atoms with Crippen molar-refractivity contribution in [1.82, 2.24) is 4.90 Å². The number of nitro groups is 1. The molecule has 6 heteroatoms. The van der Waals surface area contributed by atoms with Crippen molar-refractivity contribution < 1.29 is 9.72 Å². The quantitative estimate of drug-likeness (QED) is 0.602. The molecular formula is C11H11ClN2O3. The van der Waals surface area contributed by atoms with Gasteiger partial charge in [-0.05, 0) is 12.5 Å². The summed E-state index contributed by atoms with van der Waals surface area (Å²) in [5.74, 6) is 0.0394. The van der Waals surface area contributed by atoms with Gasteiger partial charge < -0.3 is 4.90 Å². The highest BCUT2D eigenvalue weighted by Gasteiger charge is 2.31. The molecule has 1 atom stereocenters. The molecule has 1 aromatic rings. The lowest BCUT2D eigenvalue weighted by Gasteiger charge is -2.20. The number of non-ortho nitro benzene ring substituents is 1. The third-order valence-corrected chi connectivity index (χ3v) is 3.39. The first kappa shape index (κ1) is 11.9. The maximum absolute atomic E-state index is 11.4. The van der Waals surface area contributed by atoms with Gasteiger partial charge in [0, 0.05) is 36.2 Å². The zero-order valence-electron chi connectivity index (χ0n) is 9.22. The number of hydrogen-bond acceptors (Lipinski definition) is 3. The Bertz CT molecular complexity index is 490. The standard InChI is InChI=1S/C11H11ClN2O3/c1-13-10(4-5-11(13)15)8-6-7(14(16)17)2-3-9(8)12/h2-3,6,10H,4-5H2,1H3/t10-/m0/s1. The Balaban J connectivity index is 2.41. The molecule has 90 valence electrons. The normalized spacial score (nSPS) is 19.8. The summed E-state index contributed by atoms with van der Waals surface area (Å²) in [7, 11) is 1.69. The fourth-order valence-corrected chi connectivity index (χ4v) is 2.31. The Hall–Kier alpha value is -1.62. The Morgan fingerprint density at radius 1 is 1.53 bits per heavy atom. The van der Waals surface area contributed by atoms with Gasteiger partial charge in [-0.1, -0.05) is 11.6 Å². The van der Waals surface area contributed by atoms with Crippen LogP contribution in [0.15, 0.2) is 18.2 Å². The van der Waals surface area contributed by atoms with Crippen molar-refractivity contribution in [3.05, 3.63) is 38.9 Å². The summed E-state index contributed by atoms with van der Waals surface area (Å²) in [6.07, 6.45) is 1.11. The number of nitro benzene ring substituents is 1. The lowest BCUT2D eigenvalue weighted by molar-refractivity contribution is -0.384. The van der Waals surface area contributed by atoms with Gasteiger partial charge in [0.1, 0.15) is 0 Å². The highest BCUT2D eigenvalue weighted by atomic mass is 35.5. The Morgan fingerprint density at radius 2 is 2.24 bits per heavy atom. The number of likely N-dealkylation sites (tertiary alicyclic amines) is 1. The van der Waals surface area contributed by atoms with Crippen molar-refractivity contribution in [2.24, 2.45) is 0 Å². The number of halogens is 1. The highest BCUT2D eigenvalue weighted by Crippen LogP contribution is 2.36. The average molecular weight is 255 g/mol. The van der Waals surface area contributed by atoms with Crippen molar-refractivity contribution in [3.8, 4) is 0 Å². The van der Waals surface area contributed by atoms with Gasteiger partial charge in [0.15, 0.2) is 0 Å². The molecule has 5 nitrogen and oxygen atoms in total. The number of carbonyl (C=O) groups excluding carboxylic acids is 1. The van der Waals surface area contributed by atoms with Crippen LogP contribution in [0.5, 0.6) is 0 Å². The fourth-order valence-electron chi connectivity index (χ4n) is 2.07. The molecule has 0 N–H and O–H groups in total. The number of hydrogen-bond donors (Lipinski definition) is 0. The van der Waals surface area contributed by atoms with Crippen molar-refractivity contribution in [1.29, 1.82) is 0 Å². The second-order valence-corrected chi connectivity index (χ2v) is 4.43. The monoisotopic (exact) mass is 254 g/mol. The Kier molecular flexibility index (Phi) is 3.02. The van der Waals surface area contributed by atoms with Crippen LogP contribution in [0.25, 0.3) is 0 Å². The largest absolute Gasteiger partial charge is 0.339 e. The van der Waals surface area contributed by atoms with Crippen LogP contribution in [0.4, 0.5) is 5.69 Å². The van der Waals surface area contributed by atoms with Crippen LogP contribution in [0.3, 0.4) is 0 Å². The number of carbonyl (C=O) groups is 1. The zero-order chi connectivity index (χ0) is 12.6. The number of amides is 1. The molecule has 0 bridgehead atoms. The van der Waals surface area contributed by atoms with Gasteiger partial charge in [0.05, 0.1) is 11.0 Å². The van der Waals surface area contributed by atoms with Crippen molar-refractivity contribution in [3.63, 3.8) is 0 Å². The van der Waals surface area contributed by atoms with Crippen LogP contribution in [0.2, 0.25) is 5.02 Å². The minimum absolute atomic E-state index is 0.00264. The molecule has 0 unspecified atom stereocenters. The molecule has 1 fully saturated rings. The molecule has 17 heavy (non-hydrogen) atoms. The van der Waals surface area contributed by atoms with Crippen LogP contribution in [0.1, 0.15) is 24.4 Å². The number of benzene rings is 1. The molecule has 1 amide bonds. The molecule has 2 rings (SSSR count). The number of rotatable bonds is 2. The summed E-state index contributed by atoms with van der Waals surface area (Å²) < 4.78 is 0. The van der Waals surface area contributed by atoms with Crippen molar-refractivity contribution >= 4 is 23.2 Å². The summed E-state index contributed by atoms with van der Waals surface area (Å²) in [6, 6.07) is 4.16. The van der Waals surface area contributed by atoms with Crippen molar-refractivity contribution in [2.75, 3.05) is 7.05 Å². The smallest absolute Gasteiger partial charge is 0.269 e. The van der Waals surface area contributed by atoms with E-state index in [9.17, 15) is 14.9 Å². The van der Waals surface area contributed by atoms with Crippen LogP contribution < -0.4 is 0 Å². The van der Waals surface area contributed by atoms with Crippen LogP contribution in [-0.4, -0.2) is 22.8 Å². The molecule has 0 saturated carbocycles. The molecule has 0 aromatic heterocycles. The molecular weight excluding hydrogens is 244 g/mol. The molecule has 1 saturated heterocycles. The van der Waals surface area contributed by atoms with Crippen LogP contribution >= 0.6 is 11.6 Å². The molecule has 1 aliphatic heterocycles. The minimum atomic E-state index is -0.462. The van der Waals surface area contributed by atoms with E-state index in [-0.39, 0.29) is 17.6 Å². The lowest BCUT2D eigenvalue weighted by Crippen LogP contribution is -2.22. The van der Waals surface area contributed by atoms with Gasteiger partial charge in [0.25, 0.3) is 5.69 Å². The lowest BCUT2D eigenvalue weighted by atomic mass is 10.0. The van der Waals surface area contributed by atoms with E-state index in [0.29, 0.717) is 23.4 Å². The van der Waals surface area contributed by atoms with E-state index < -0.39 is 4.92 Å². The molecule has 0 spiro atoms. The first-order valence-electron chi connectivity index (χ1n) is 5.20. The molecule has 0 radical (unpaired) electrons. The first-order valence-corrected chi connectivity index (χ1v) is 5.58. The van der Waals surface area contributed by atoms with Gasteiger partial charge in [-0.2, -0.15) is 0 Å². The van der Waals surface area contributed by atoms with Crippen LogP contribution in [-0.2, 0) is 4.79 Å². The molecule has 0 aliphatic carbocycles. The topological polar surface area (TPSA) is 63.5 Å². The minimum Gasteiger partial charge on any atom is -0.339 e. The van der Waals surface area contributed by atoms with E-state index in [1.165, 1.54) is 18.2 Å². The zero-order valence-corrected chi connectivity index (χ0v) is 9.98. The Labute approximate surface area is 103 Å². The highest BCUT2D eigenvalue weighted by molar-refractivity contribution is 6.31. The van der Waals surface area contributed by atoms with Gasteiger partial charge in [-0.25, -0.2) is 0 Å². The Morgan fingerprint density at radius 3 is 2.76 bits per heavy atom. The van der Waals surface area contributed by atoms with Crippen molar-refractivity contribution in [2.45, 2.75) is 18.9 Å². The number of nitrogens with zero attached hydrogens (tertiary/aromatic N) is 2.